The summed E-state index contributed by atoms with van der Waals surface area (Å²) in [6.45, 7) is 7.98. The Kier molecular flexibility index (Phi) is 4.73. The molecular weight excluding hydrogens is 320 g/mol. The number of anilines is 1. The van der Waals surface area contributed by atoms with Gasteiger partial charge in [-0.15, -0.1) is 0 Å². The molecule has 0 aliphatic carbocycles. The van der Waals surface area contributed by atoms with Gasteiger partial charge in [-0.3, -0.25) is 9.59 Å². The Bertz CT molecular complexity index is 569. The quantitative estimate of drug-likeness (QED) is 0.493. The SMILES string of the molecule is C=C(CNCCC)CN1C(=O)C(=O)c2ccc(Br)cc21. The highest BCUT2D eigenvalue weighted by Crippen LogP contribution is 2.31. The van der Waals surface area contributed by atoms with E-state index in [0.717, 1.165) is 23.0 Å². The Labute approximate surface area is 127 Å². The van der Waals surface area contributed by atoms with Crippen LogP contribution in [0.5, 0.6) is 0 Å². The van der Waals surface area contributed by atoms with Gasteiger partial charge in [-0.05, 0) is 36.7 Å². The van der Waals surface area contributed by atoms with Crippen molar-refractivity contribution in [2.75, 3.05) is 24.5 Å². The molecule has 1 aliphatic rings. The first kappa shape index (κ1) is 14.9. The summed E-state index contributed by atoms with van der Waals surface area (Å²) in [6, 6.07) is 5.24. The number of rotatable bonds is 6. The van der Waals surface area contributed by atoms with Crippen molar-refractivity contribution in [3.05, 3.63) is 40.4 Å². The van der Waals surface area contributed by atoms with Crippen LogP contribution in [-0.4, -0.2) is 31.3 Å². The number of ketones is 1. The van der Waals surface area contributed by atoms with E-state index in [1.54, 1.807) is 18.2 Å². The van der Waals surface area contributed by atoms with E-state index in [1.165, 1.54) is 4.90 Å². The fourth-order valence-corrected chi connectivity index (χ4v) is 2.49. The minimum atomic E-state index is -0.477. The molecule has 20 heavy (non-hydrogen) atoms. The van der Waals surface area contributed by atoms with Gasteiger partial charge >= 0.3 is 0 Å². The van der Waals surface area contributed by atoms with Gasteiger partial charge in [0.05, 0.1) is 11.3 Å². The molecule has 0 aromatic heterocycles. The molecule has 0 saturated heterocycles. The van der Waals surface area contributed by atoms with Gasteiger partial charge in [-0.2, -0.15) is 0 Å². The molecule has 4 nitrogen and oxygen atoms in total. The molecule has 0 unspecified atom stereocenters. The van der Waals surface area contributed by atoms with Crippen LogP contribution in [0, 0.1) is 0 Å². The Balaban J connectivity index is 2.13. The number of fused-ring (bicyclic) bond motifs is 1. The maximum Gasteiger partial charge on any atom is 0.299 e. The monoisotopic (exact) mass is 336 g/mol. The van der Waals surface area contributed by atoms with Crippen molar-refractivity contribution in [1.29, 1.82) is 0 Å². The van der Waals surface area contributed by atoms with Crippen molar-refractivity contribution in [2.45, 2.75) is 13.3 Å². The van der Waals surface area contributed by atoms with E-state index in [2.05, 4.69) is 34.7 Å². The molecule has 5 heteroatoms. The molecule has 2 rings (SSSR count). The Morgan fingerprint density at radius 3 is 2.85 bits per heavy atom. The Hall–Kier alpha value is -1.46. The Morgan fingerprint density at radius 1 is 1.40 bits per heavy atom. The van der Waals surface area contributed by atoms with E-state index in [4.69, 9.17) is 0 Å². The van der Waals surface area contributed by atoms with Gasteiger partial charge in [-0.25, -0.2) is 0 Å². The van der Waals surface area contributed by atoms with Crippen LogP contribution in [0.2, 0.25) is 0 Å². The summed E-state index contributed by atoms with van der Waals surface area (Å²) in [5.74, 6) is -0.920. The minimum absolute atomic E-state index is 0.366. The third-order valence-electron chi connectivity index (χ3n) is 3.12. The fraction of sp³-hybridized carbons (Fsp3) is 0.333. The lowest BCUT2D eigenvalue weighted by Gasteiger charge is -2.18. The summed E-state index contributed by atoms with van der Waals surface area (Å²) >= 11 is 3.37. The molecule has 0 bridgehead atoms. The zero-order chi connectivity index (χ0) is 14.7. The predicted molar refractivity (Wildman–Crippen MR) is 83.1 cm³/mol. The van der Waals surface area contributed by atoms with Gasteiger partial charge in [0.2, 0.25) is 0 Å². The molecular formula is C15H17BrN2O2. The smallest absolute Gasteiger partial charge is 0.299 e. The molecule has 0 spiro atoms. The maximum absolute atomic E-state index is 12.0. The standard InChI is InChI=1S/C15H17BrN2O2/c1-3-6-17-8-10(2)9-18-13-7-11(16)4-5-12(13)14(19)15(18)20/h4-5,7,17H,2-3,6,8-9H2,1H3. The van der Waals surface area contributed by atoms with Crippen LogP contribution < -0.4 is 10.2 Å². The van der Waals surface area contributed by atoms with Gasteiger partial charge < -0.3 is 10.2 Å². The molecule has 1 heterocycles. The molecule has 1 N–H and O–H groups in total. The number of halogens is 1. The van der Waals surface area contributed by atoms with E-state index < -0.39 is 11.7 Å². The van der Waals surface area contributed by atoms with Crippen LogP contribution in [0.1, 0.15) is 23.7 Å². The average molecular weight is 337 g/mol. The number of carbonyl (C=O) groups excluding carboxylic acids is 2. The highest BCUT2D eigenvalue weighted by molar-refractivity contribution is 9.10. The third kappa shape index (κ3) is 2.99. The number of Topliss-reactive ketones (excluding diaryl/α,β-unsaturated/α-hetero) is 1. The van der Waals surface area contributed by atoms with E-state index in [-0.39, 0.29) is 0 Å². The minimum Gasteiger partial charge on any atom is -0.313 e. The number of hydrogen-bond acceptors (Lipinski definition) is 3. The molecule has 1 aromatic rings. The number of amides is 1. The van der Waals surface area contributed by atoms with Crippen molar-refractivity contribution >= 4 is 33.3 Å². The van der Waals surface area contributed by atoms with Crippen LogP contribution in [0.4, 0.5) is 5.69 Å². The lowest BCUT2D eigenvalue weighted by atomic mass is 10.1. The van der Waals surface area contributed by atoms with Gasteiger partial charge in [0.15, 0.2) is 0 Å². The van der Waals surface area contributed by atoms with Gasteiger partial charge in [0.25, 0.3) is 11.7 Å². The first-order valence-electron chi connectivity index (χ1n) is 6.57. The Morgan fingerprint density at radius 2 is 2.15 bits per heavy atom. The molecule has 0 saturated carbocycles. The molecule has 0 fully saturated rings. The molecule has 1 aromatic carbocycles. The highest BCUT2D eigenvalue weighted by Gasteiger charge is 2.35. The van der Waals surface area contributed by atoms with E-state index in [9.17, 15) is 9.59 Å². The van der Waals surface area contributed by atoms with Crippen LogP contribution >= 0.6 is 15.9 Å². The first-order valence-corrected chi connectivity index (χ1v) is 7.37. The fourth-order valence-electron chi connectivity index (χ4n) is 2.15. The summed E-state index contributed by atoms with van der Waals surface area (Å²) in [5.41, 5.74) is 2.01. The number of carbonyl (C=O) groups is 2. The average Bonchev–Trinajstić information content (AvgIpc) is 2.64. The van der Waals surface area contributed by atoms with Crippen molar-refractivity contribution in [2.24, 2.45) is 0 Å². The second-order valence-electron chi connectivity index (χ2n) is 4.81. The normalized spacial score (nSPS) is 13.8. The van der Waals surface area contributed by atoms with Crippen LogP contribution in [-0.2, 0) is 4.79 Å². The van der Waals surface area contributed by atoms with Gasteiger partial charge in [0, 0.05) is 17.6 Å². The molecule has 1 aliphatic heterocycles. The zero-order valence-corrected chi connectivity index (χ0v) is 13.0. The first-order chi connectivity index (χ1) is 9.54. The molecule has 1 amide bonds. The topological polar surface area (TPSA) is 49.4 Å². The largest absolute Gasteiger partial charge is 0.313 e. The third-order valence-corrected chi connectivity index (χ3v) is 3.61. The lowest BCUT2D eigenvalue weighted by molar-refractivity contribution is -0.114. The van der Waals surface area contributed by atoms with Crippen molar-refractivity contribution in [3.63, 3.8) is 0 Å². The lowest BCUT2D eigenvalue weighted by Crippen LogP contribution is -2.33. The molecule has 0 atom stereocenters. The number of nitrogens with zero attached hydrogens (tertiary/aromatic N) is 1. The van der Waals surface area contributed by atoms with E-state index in [0.29, 0.717) is 24.3 Å². The van der Waals surface area contributed by atoms with Crippen molar-refractivity contribution in [1.82, 2.24) is 5.32 Å². The predicted octanol–water partition coefficient (Wildman–Crippen LogP) is 2.53. The van der Waals surface area contributed by atoms with E-state index >= 15 is 0 Å². The second kappa shape index (κ2) is 6.33. The van der Waals surface area contributed by atoms with Gasteiger partial charge in [-0.1, -0.05) is 29.4 Å². The van der Waals surface area contributed by atoms with Gasteiger partial charge in [0.1, 0.15) is 0 Å². The molecule has 106 valence electrons. The summed E-state index contributed by atoms with van der Waals surface area (Å²) in [7, 11) is 0. The molecule has 0 radical (unpaired) electrons. The van der Waals surface area contributed by atoms with Crippen molar-refractivity contribution < 1.29 is 9.59 Å². The number of hydrogen-bond donors (Lipinski definition) is 1. The van der Waals surface area contributed by atoms with Crippen LogP contribution in [0.25, 0.3) is 0 Å². The maximum atomic E-state index is 12.0. The number of benzene rings is 1. The van der Waals surface area contributed by atoms with E-state index in [1.807, 2.05) is 0 Å². The zero-order valence-electron chi connectivity index (χ0n) is 11.4. The number of nitrogens with one attached hydrogen (secondary N) is 1. The summed E-state index contributed by atoms with van der Waals surface area (Å²) in [5, 5.41) is 3.24. The summed E-state index contributed by atoms with van der Waals surface area (Å²) in [4.78, 5) is 25.4. The van der Waals surface area contributed by atoms with Crippen molar-refractivity contribution in [3.8, 4) is 0 Å². The second-order valence-corrected chi connectivity index (χ2v) is 5.72. The van der Waals surface area contributed by atoms with Crippen LogP contribution in [0.3, 0.4) is 0 Å². The highest BCUT2D eigenvalue weighted by atomic mass is 79.9. The summed E-state index contributed by atoms with van der Waals surface area (Å²) < 4.78 is 0.846. The van der Waals surface area contributed by atoms with Crippen LogP contribution in [0.15, 0.2) is 34.8 Å². The summed E-state index contributed by atoms with van der Waals surface area (Å²) in [6.07, 6.45) is 1.05.